The second kappa shape index (κ2) is 9.26. The number of aromatic nitrogens is 1. The SMILES string of the molecule is OC(CCCC1Cc2[nH]c3c(Cl)ccc(-c4ccc(F)cc4)c3c2CN1)c1ccc(F)cc1. The predicted octanol–water partition coefficient (Wildman–Crippen LogP) is 6.68. The molecule has 0 radical (unpaired) electrons. The number of nitrogens with one attached hydrogen (secondary N) is 2. The number of fused-ring (bicyclic) bond motifs is 3. The van der Waals surface area contributed by atoms with Gasteiger partial charge in [0.05, 0.1) is 16.6 Å². The fourth-order valence-corrected chi connectivity index (χ4v) is 5.01. The molecule has 2 unspecified atom stereocenters. The van der Waals surface area contributed by atoms with E-state index in [-0.39, 0.29) is 11.6 Å². The maximum Gasteiger partial charge on any atom is 0.123 e. The zero-order valence-electron chi connectivity index (χ0n) is 18.0. The Bertz CT molecular complexity index is 1270. The third-order valence-electron chi connectivity index (χ3n) is 6.55. The molecule has 0 fully saturated rings. The Morgan fingerprint density at radius 3 is 2.39 bits per heavy atom. The Morgan fingerprint density at radius 1 is 0.970 bits per heavy atom. The highest BCUT2D eigenvalue weighted by Crippen LogP contribution is 2.38. The Labute approximate surface area is 196 Å². The summed E-state index contributed by atoms with van der Waals surface area (Å²) in [4.78, 5) is 3.54. The van der Waals surface area contributed by atoms with Crippen molar-refractivity contribution < 1.29 is 13.9 Å². The number of hydrogen-bond acceptors (Lipinski definition) is 2. The maximum absolute atomic E-state index is 13.4. The molecule has 1 aliphatic heterocycles. The molecule has 0 aliphatic carbocycles. The van der Waals surface area contributed by atoms with Gasteiger partial charge < -0.3 is 15.4 Å². The summed E-state index contributed by atoms with van der Waals surface area (Å²) in [5.74, 6) is -0.553. The molecule has 0 bridgehead atoms. The minimum atomic E-state index is -0.588. The van der Waals surface area contributed by atoms with Gasteiger partial charge in [-0.3, -0.25) is 0 Å². The quantitative estimate of drug-likeness (QED) is 0.296. The fourth-order valence-electron chi connectivity index (χ4n) is 4.81. The van der Waals surface area contributed by atoms with Crippen LogP contribution in [0.4, 0.5) is 8.78 Å². The lowest BCUT2D eigenvalue weighted by atomic mass is 9.93. The summed E-state index contributed by atoms with van der Waals surface area (Å²) in [5.41, 5.74) is 6.02. The zero-order chi connectivity index (χ0) is 22.9. The van der Waals surface area contributed by atoms with Gasteiger partial charge >= 0.3 is 0 Å². The molecule has 2 atom stereocenters. The van der Waals surface area contributed by atoms with Gasteiger partial charge in [0.25, 0.3) is 0 Å². The second-order valence-electron chi connectivity index (χ2n) is 8.71. The van der Waals surface area contributed by atoms with E-state index in [9.17, 15) is 13.9 Å². The van der Waals surface area contributed by atoms with Crippen molar-refractivity contribution in [3.05, 3.63) is 94.1 Å². The molecule has 5 rings (SSSR count). The lowest BCUT2D eigenvalue weighted by Gasteiger charge is -2.25. The summed E-state index contributed by atoms with van der Waals surface area (Å²) in [7, 11) is 0. The average Bonchev–Trinajstić information content (AvgIpc) is 3.20. The number of H-pyrrole nitrogens is 1. The van der Waals surface area contributed by atoms with Crippen molar-refractivity contribution in [3.63, 3.8) is 0 Å². The van der Waals surface area contributed by atoms with Gasteiger partial charge in [0.2, 0.25) is 0 Å². The molecule has 6 heteroatoms. The lowest BCUT2D eigenvalue weighted by Crippen LogP contribution is -2.35. The molecule has 0 amide bonds. The Hall–Kier alpha value is -2.73. The van der Waals surface area contributed by atoms with Crippen molar-refractivity contribution in [2.75, 3.05) is 0 Å². The molecule has 0 saturated heterocycles. The van der Waals surface area contributed by atoms with E-state index in [1.54, 1.807) is 24.3 Å². The van der Waals surface area contributed by atoms with Crippen molar-refractivity contribution in [2.45, 2.75) is 44.4 Å². The van der Waals surface area contributed by atoms with E-state index < -0.39 is 6.10 Å². The summed E-state index contributed by atoms with van der Waals surface area (Å²) >= 11 is 6.52. The Balaban J connectivity index is 1.31. The first kappa shape index (κ1) is 22.1. The standard InChI is InChI=1S/C27H25ClF2N2O/c28-23-13-12-21(16-4-8-18(29)9-5-16)26-22-15-31-20(14-24(22)32-27(23)26)2-1-3-25(33)17-6-10-19(30)11-7-17/h4-13,20,25,31-33H,1-3,14-15H2. The summed E-state index contributed by atoms with van der Waals surface area (Å²) in [6, 6.07) is 16.7. The molecule has 4 aromatic rings. The van der Waals surface area contributed by atoms with Gasteiger partial charge in [-0.05, 0) is 71.8 Å². The second-order valence-corrected chi connectivity index (χ2v) is 9.12. The van der Waals surface area contributed by atoms with Gasteiger partial charge in [0.15, 0.2) is 0 Å². The normalized spacial score (nSPS) is 16.7. The molecule has 1 aliphatic rings. The van der Waals surface area contributed by atoms with Crippen molar-refractivity contribution in [1.29, 1.82) is 0 Å². The summed E-state index contributed by atoms with van der Waals surface area (Å²) in [6.07, 6.45) is 2.66. The topological polar surface area (TPSA) is 48.0 Å². The number of aliphatic hydroxyl groups is 1. The van der Waals surface area contributed by atoms with E-state index in [2.05, 4.69) is 10.3 Å². The van der Waals surface area contributed by atoms with Gasteiger partial charge in [0.1, 0.15) is 11.6 Å². The van der Waals surface area contributed by atoms with Gasteiger partial charge in [-0.1, -0.05) is 41.9 Å². The minimum absolute atomic E-state index is 0.255. The van der Waals surface area contributed by atoms with E-state index in [0.29, 0.717) is 17.5 Å². The fraction of sp³-hybridized carbons (Fsp3) is 0.259. The van der Waals surface area contributed by atoms with Crippen LogP contribution in [0.5, 0.6) is 0 Å². The molecule has 170 valence electrons. The molecule has 0 saturated carbocycles. The summed E-state index contributed by atoms with van der Waals surface area (Å²) < 4.78 is 26.5. The van der Waals surface area contributed by atoms with Crippen LogP contribution in [0, 0.1) is 11.6 Å². The van der Waals surface area contributed by atoms with Gasteiger partial charge in [-0.25, -0.2) is 8.78 Å². The molecule has 33 heavy (non-hydrogen) atoms. The highest BCUT2D eigenvalue weighted by Gasteiger charge is 2.24. The van der Waals surface area contributed by atoms with E-state index in [1.165, 1.54) is 35.5 Å². The van der Waals surface area contributed by atoms with Gasteiger partial charge in [-0.15, -0.1) is 0 Å². The van der Waals surface area contributed by atoms with Crippen LogP contribution < -0.4 is 5.32 Å². The van der Waals surface area contributed by atoms with Crippen LogP contribution in [-0.2, 0) is 13.0 Å². The molecule has 2 heterocycles. The Kier molecular flexibility index (Phi) is 6.19. The number of hydrogen-bond donors (Lipinski definition) is 3. The van der Waals surface area contributed by atoms with E-state index >= 15 is 0 Å². The highest BCUT2D eigenvalue weighted by molar-refractivity contribution is 6.35. The van der Waals surface area contributed by atoms with Crippen molar-refractivity contribution in [1.82, 2.24) is 10.3 Å². The van der Waals surface area contributed by atoms with Crippen LogP contribution >= 0.6 is 11.6 Å². The number of aromatic amines is 1. The zero-order valence-corrected chi connectivity index (χ0v) is 18.8. The maximum atomic E-state index is 13.4. The number of halogens is 3. The van der Waals surface area contributed by atoms with E-state index in [0.717, 1.165) is 53.4 Å². The van der Waals surface area contributed by atoms with Crippen LogP contribution in [0.3, 0.4) is 0 Å². The summed E-state index contributed by atoms with van der Waals surface area (Å²) in [6.45, 7) is 0.717. The van der Waals surface area contributed by atoms with Crippen LogP contribution in [0.2, 0.25) is 5.02 Å². The van der Waals surface area contributed by atoms with Crippen LogP contribution in [-0.4, -0.2) is 16.1 Å². The number of rotatable bonds is 6. The predicted molar refractivity (Wildman–Crippen MR) is 128 cm³/mol. The van der Waals surface area contributed by atoms with Gasteiger partial charge in [0, 0.05) is 30.1 Å². The number of benzene rings is 3. The Morgan fingerprint density at radius 2 is 1.67 bits per heavy atom. The van der Waals surface area contributed by atoms with Gasteiger partial charge in [-0.2, -0.15) is 0 Å². The molecule has 1 aromatic heterocycles. The molecular weight excluding hydrogens is 442 g/mol. The lowest BCUT2D eigenvalue weighted by molar-refractivity contribution is 0.161. The van der Waals surface area contributed by atoms with E-state index in [1.807, 2.05) is 12.1 Å². The largest absolute Gasteiger partial charge is 0.388 e. The molecule has 0 spiro atoms. The monoisotopic (exact) mass is 466 g/mol. The number of aliphatic hydroxyl groups excluding tert-OH is 1. The molecule has 3 nitrogen and oxygen atoms in total. The van der Waals surface area contributed by atoms with Crippen molar-refractivity contribution in [2.24, 2.45) is 0 Å². The van der Waals surface area contributed by atoms with Crippen molar-refractivity contribution in [3.8, 4) is 11.1 Å². The van der Waals surface area contributed by atoms with Crippen LogP contribution in [0.1, 0.15) is 42.2 Å². The van der Waals surface area contributed by atoms with Crippen LogP contribution in [0.25, 0.3) is 22.0 Å². The molecule has 3 N–H and O–H groups in total. The third-order valence-corrected chi connectivity index (χ3v) is 6.87. The molecule has 3 aromatic carbocycles. The smallest absolute Gasteiger partial charge is 0.123 e. The van der Waals surface area contributed by atoms with E-state index in [4.69, 9.17) is 11.6 Å². The van der Waals surface area contributed by atoms with Crippen LogP contribution in [0.15, 0.2) is 60.7 Å². The van der Waals surface area contributed by atoms with Crippen molar-refractivity contribution >= 4 is 22.5 Å². The first-order valence-electron chi connectivity index (χ1n) is 11.2. The third kappa shape index (κ3) is 4.54. The molecular formula is C27H25ClF2N2O. The highest BCUT2D eigenvalue weighted by atomic mass is 35.5. The summed E-state index contributed by atoms with van der Waals surface area (Å²) in [5, 5.41) is 15.8. The first-order chi connectivity index (χ1) is 16.0. The first-order valence-corrected chi connectivity index (χ1v) is 11.6. The average molecular weight is 467 g/mol. The minimum Gasteiger partial charge on any atom is -0.388 e.